The van der Waals surface area contributed by atoms with Gasteiger partial charge in [-0.3, -0.25) is 19.7 Å². The first-order valence-corrected chi connectivity index (χ1v) is 8.86. The fourth-order valence-corrected chi connectivity index (χ4v) is 4.88. The number of hydrogen-bond donors (Lipinski definition) is 2. The van der Waals surface area contributed by atoms with E-state index in [0.717, 1.165) is 0 Å². The van der Waals surface area contributed by atoms with Gasteiger partial charge in [-0.1, -0.05) is 50.0 Å². The van der Waals surface area contributed by atoms with E-state index in [0.29, 0.717) is 30.0 Å². The quantitative estimate of drug-likeness (QED) is 0.763. The smallest absolute Gasteiger partial charge is 0.232 e. The number of hydrogen-bond acceptors (Lipinski definition) is 3. The summed E-state index contributed by atoms with van der Waals surface area (Å²) in [6.07, 6.45) is 1.17. The summed E-state index contributed by atoms with van der Waals surface area (Å²) in [5.41, 5.74) is -1.97. The minimum absolute atomic E-state index is 0.267. The molecule has 3 amide bonds. The molecule has 2 N–H and O–H groups in total. The monoisotopic (exact) mass is 382 g/mol. The lowest BCUT2D eigenvalue weighted by molar-refractivity contribution is -0.163. The molecule has 5 nitrogen and oxygen atoms in total. The van der Waals surface area contributed by atoms with E-state index in [-0.39, 0.29) is 22.7 Å². The Morgan fingerprint density at radius 3 is 2.16 bits per heavy atom. The van der Waals surface area contributed by atoms with Crippen LogP contribution in [-0.2, 0) is 14.4 Å². The molecule has 1 saturated carbocycles. The average molecular weight is 383 g/mol. The van der Waals surface area contributed by atoms with Crippen LogP contribution in [0.5, 0.6) is 0 Å². The zero-order valence-corrected chi connectivity index (χ0v) is 15.8. The largest absolute Gasteiger partial charge is 0.324 e. The van der Waals surface area contributed by atoms with E-state index in [1.807, 2.05) is 13.8 Å². The predicted octanol–water partition coefficient (Wildman–Crippen LogP) is 3.79. The average Bonchev–Trinajstić information content (AvgIpc) is 2.49. The molecule has 1 aliphatic carbocycles. The molecule has 1 aromatic carbocycles. The van der Waals surface area contributed by atoms with Crippen LogP contribution in [0.15, 0.2) is 18.2 Å². The van der Waals surface area contributed by atoms with Gasteiger partial charge in [0.15, 0.2) is 0 Å². The SMILES string of the molecule is CC12CC(C)(CC(C)(C(=O)Nc3cccc(Cl)c3Cl)C1)C(=O)NC2=O. The minimum atomic E-state index is -0.874. The second-order valence-electron chi connectivity index (χ2n) is 8.05. The third kappa shape index (κ3) is 2.93. The second kappa shape index (κ2) is 5.71. The Morgan fingerprint density at radius 1 is 1.04 bits per heavy atom. The van der Waals surface area contributed by atoms with E-state index < -0.39 is 16.2 Å². The number of imide groups is 1. The van der Waals surface area contributed by atoms with Gasteiger partial charge in [-0.15, -0.1) is 0 Å². The van der Waals surface area contributed by atoms with Gasteiger partial charge in [0.25, 0.3) is 0 Å². The van der Waals surface area contributed by atoms with Crippen molar-refractivity contribution in [3.05, 3.63) is 28.2 Å². The van der Waals surface area contributed by atoms with Crippen LogP contribution < -0.4 is 10.6 Å². The van der Waals surface area contributed by atoms with Crippen LogP contribution in [-0.4, -0.2) is 17.7 Å². The highest BCUT2D eigenvalue weighted by Crippen LogP contribution is 2.56. The predicted molar refractivity (Wildman–Crippen MR) is 96.4 cm³/mol. The molecule has 2 aliphatic rings. The first kappa shape index (κ1) is 18.2. The number of benzene rings is 1. The molecule has 2 fully saturated rings. The summed E-state index contributed by atoms with van der Waals surface area (Å²) in [5.74, 6) is -0.889. The first-order valence-electron chi connectivity index (χ1n) is 8.11. The lowest BCUT2D eigenvalue weighted by atomic mass is 9.52. The molecule has 25 heavy (non-hydrogen) atoms. The summed E-state index contributed by atoms with van der Waals surface area (Å²) in [5, 5.41) is 5.89. The highest BCUT2D eigenvalue weighted by Gasteiger charge is 2.60. The molecule has 1 heterocycles. The van der Waals surface area contributed by atoms with E-state index in [1.54, 1.807) is 25.1 Å². The Bertz CT molecular complexity index is 767. The highest BCUT2D eigenvalue weighted by molar-refractivity contribution is 6.44. The number of amides is 3. The number of rotatable bonds is 2. The van der Waals surface area contributed by atoms with Gasteiger partial charge in [0.05, 0.1) is 15.7 Å². The molecule has 2 unspecified atom stereocenters. The van der Waals surface area contributed by atoms with Crippen molar-refractivity contribution in [1.82, 2.24) is 5.32 Å². The van der Waals surface area contributed by atoms with Crippen molar-refractivity contribution in [1.29, 1.82) is 0 Å². The molecule has 7 heteroatoms. The van der Waals surface area contributed by atoms with Crippen molar-refractivity contribution in [2.45, 2.75) is 40.0 Å². The van der Waals surface area contributed by atoms with E-state index in [9.17, 15) is 14.4 Å². The second-order valence-corrected chi connectivity index (χ2v) is 8.84. The van der Waals surface area contributed by atoms with E-state index in [1.165, 1.54) is 0 Å². The molecular formula is C18H20Cl2N2O3. The minimum Gasteiger partial charge on any atom is -0.324 e. The molecule has 2 bridgehead atoms. The van der Waals surface area contributed by atoms with Gasteiger partial charge in [-0.25, -0.2) is 0 Å². The van der Waals surface area contributed by atoms with Gasteiger partial charge < -0.3 is 5.32 Å². The number of carbonyl (C=O) groups is 3. The van der Waals surface area contributed by atoms with E-state index in [2.05, 4.69) is 10.6 Å². The van der Waals surface area contributed by atoms with Gasteiger partial charge >= 0.3 is 0 Å². The van der Waals surface area contributed by atoms with Crippen LogP contribution in [0.25, 0.3) is 0 Å². The lowest BCUT2D eigenvalue weighted by Crippen LogP contribution is -2.63. The summed E-state index contributed by atoms with van der Waals surface area (Å²) < 4.78 is 0. The van der Waals surface area contributed by atoms with Gasteiger partial charge in [0, 0.05) is 16.2 Å². The first-order chi connectivity index (χ1) is 11.5. The van der Waals surface area contributed by atoms with Crippen LogP contribution in [0.1, 0.15) is 40.0 Å². The summed E-state index contributed by atoms with van der Waals surface area (Å²) in [7, 11) is 0. The van der Waals surface area contributed by atoms with E-state index >= 15 is 0 Å². The molecule has 0 aromatic heterocycles. The van der Waals surface area contributed by atoms with Crippen LogP contribution >= 0.6 is 23.2 Å². The zero-order chi connectivity index (χ0) is 18.6. The van der Waals surface area contributed by atoms with Gasteiger partial charge in [-0.2, -0.15) is 0 Å². The van der Waals surface area contributed by atoms with Gasteiger partial charge in [0.2, 0.25) is 17.7 Å². The number of anilines is 1. The Morgan fingerprint density at radius 2 is 1.60 bits per heavy atom. The number of piperidine rings is 1. The van der Waals surface area contributed by atoms with Crippen LogP contribution in [0, 0.1) is 16.2 Å². The number of fused-ring (bicyclic) bond motifs is 2. The Hall–Kier alpha value is -1.59. The van der Waals surface area contributed by atoms with Crippen LogP contribution in [0.3, 0.4) is 0 Å². The summed E-state index contributed by atoms with van der Waals surface area (Å²) in [6, 6.07) is 5.00. The topological polar surface area (TPSA) is 75.3 Å². The lowest BCUT2D eigenvalue weighted by Gasteiger charge is -2.53. The van der Waals surface area contributed by atoms with Crippen LogP contribution in [0.2, 0.25) is 10.0 Å². The third-order valence-corrected chi connectivity index (χ3v) is 6.23. The standard InChI is InChI=1S/C18H20Cl2N2O3/c1-16(13(23)21-11-6-4-5-10(19)12(11)20)7-17(2)9-18(3,8-16)15(25)22-14(17)24/h4-6H,7-9H2,1-3H3,(H,21,23)(H,22,24,25). The fraction of sp³-hybridized carbons (Fsp3) is 0.500. The fourth-order valence-electron chi connectivity index (χ4n) is 4.53. The third-order valence-electron chi connectivity index (χ3n) is 5.41. The van der Waals surface area contributed by atoms with Gasteiger partial charge in [-0.05, 0) is 31.4 Å². The summed E-state index contributed by atoms with van der Waals surface area (Å²) in [4.78, 5) is 37.7. The van der Waals surface area contributed by atoms with Crippen LogP contribution in [0.4, 0.5) is 5.69 Å². The Kier molecular flexibility index (Phi) is 4.16. The number of carbonyl (C=O) groups excluding carboxylic acids is 3. The Balaban J connectivity index is 1.93. The summed E-state index contributed by atoms with van der Waals surface area (Å²) >= 11 is 12.2. The number of nitrogens with one attached hydrogen (secondary N) is 2. The maximum absolute atomic E-state index is 13.0. The van der Waals surface area contributed by atoms with Crippen molar-refractivity contribution in [2.75, 3.05) is 5.32 Å². The maximum atomic E-state index is 13.0. The van der Waals surface area contributed by atoms with Gasteiger partial charge in [0.1, 0.15) is 0 Å². The molecule has 1 saturated heterocycles. The Labute approximate surface area is 156 Å². The van der Waals surface area contributed by atoms with Crippen molar-refractivity contribution in [3.8, 4) is 0 Å². The van der Waals surface area contributed by atoms with Crippen molar-refractivity contribution in [2.24, 2.45) is 16.2 Å². The molecule has 0 radical (unpaired) electrons. The molecule has 134 valence electrons. The molecule has 1 aliphatic heterocycles. The zero-order valence-electron chi connectivity index (χ0n) is 14.3. The molecule has 2 atom stereocenters. The van der Waals surface area contributed by atoms with Crippen molar-refractivity contribution >= 4 is 46.6 Å². The maximum Gasteiger partial charge on any atom is 0.232 e. The molecular weight excluding hydrogens is 363 g/mol. The molecule has 1 aromatic rings. The number of halogens is 2. The molecule has 3 rings (SSSR count). The van der Waals surface area contributed by atoms with Crippen molar-refractivity contribution < 1.29 is 14.4 Å². The highest BCUT2D eigenvalue weighted by atomic mass is 35.5. The molecule has 0 spiro atoms. The normalized spacial score (nSPS) is 34.4. The van der Waals surface area contributed by atoms with Crippen molar-refractivity contribution in [3.63, 3.8) is 0 Å². The summed E-state index contributed by atoms with van der Waals surface area (Å²) in [6.45, 7) is 5.41. The van der Waals surface area contributed by atoms with E-state index in [4.69, 9.17) is 23.2 Å².